The predicted octanol–water partition coefficient (Wildman–Crippen LogP) is 8.29. The fraction of sp³-hybridized carbons (Fsp3) is 0.438. The van der Waals surface area contributed by atoms with Crippen molar-refractivity contribution in [3.05, 3.63) is 40.2 Å². The maximum atomic E-state index is 14.2. The lowest BCUT2D eigenvalue weighted by molar-refractivity contribution is -0.450. The van der Waals surface area contributed by atoms with E-state index in [1.165, 1.54) is 0 Å². The smallest absolute Gasteiger partial charge is 0.282 e. The van der Waals surface area contributed by atoms with Crippen molar-refractivity contribution in [1.82, 2.24) is 0 Å². The Kier molecular flexibility index (Phi) is 8.47. The van der Waals surface area contributed by atoms with Gasteiger partial charge in [0.1, 0.15) is 0 Å². The number of alkyl halides is 15. The molecule has 0 saturated heterocycles. The van der Waals surface area contributed by atoms with Crippen molar-refractivity contribution in [2.75, 3.05) is 0 Å². The van der Waals surface area contributed by atoms with E-state index in [2.05, 4.69) is 12.6 Å². The molecule has 23 heteroatoms. The van der Waals surface area contributed by atoms with Crippen LogP contribution in [0.3, 0.4) is 0 Å². The number of benzene rings is 1. The van der Waals surface area contributed by atoms with Gasteiger partial charge < -0.3 is 0 Å². The minimum absolute atomic E-state index is 2.57. The van der Waals surface area contributed by atoms with Gasteiger partial charge in [-0.05, 0) is 0 Å². The summed E-state index contributed by atoms with van der Waals surface area (Å²) in [7, 11) is 0. The van der Waals surface area contributed by atoms with E-state index in [1.807, 2.05) is 0 Å². The third-order valence-electron chi connectivity index (χ3n) is 4.50. The standard InChI is InChI=1S/C16HF21OS/c17-3-1(2(9(38)39)4(18)7(21)6(3)20)5(19)8(22)10(23,24)11(25,26)12(27,28)13(29,30)14(31,32)15(33,34)16(35,36)37/h(H,38,39). The zero-order chi connectivity index (χ0) is 31.7. The van der Waals surface area contributed by atoms with Gasteiger partial charge >= 0.3 is 41.7 Å². The van der Waals surface area contributed by atoms with Crippen molar-refractivity contribution in [1.29, 1.82) is 0 Å². The van der Waals surface area contributed by atoms with Crippen LogP contribution in [0.2, 0.25) is 0 Å². The van der Waals surface area contributed by atoms with Crippen LogP contribution in [-0.2, 0) is 0 Å². The van der Waals surface area contributed by atoms with Crippen LogP contribution in [0.4, 0.5) is 92.2 Å². The Labute approximate surface area is 203 Å². The summed E-state index contributed by atoms with van der Waals surface area (Å²) in [4.78, 5) is 11.1. The molecular weight excluding hydrogens is 639 g/mol. The molecule has 0 aliphatic rings. The molecule has 0 atom stereocenters. The number of hydrogen-bond acceptors (Lipinski definition) is 1. The van der Waals surface area contributed by atoms with Crippen molar-refractivity contribution >= 4 is 23.6 Å². The van der Waals surface area contributed by atoms with Crippen molar-refractivity contribution in [3.8, 4) is 0 Å². The molecule has 1 aromatic carbocycles. The first-order chi connectivity index (χ1) is 16.9. The number of rotatable bonds is 8. The zero-order valence-corrected chi connectivity index (χ0v) is 17.7. The van der Waals surface area contributed by atoms with Crippen LogP contribution in [0.5, 0.6) is 0 Å². The lowest BCUT2D eigenvalue weighted by Crippen LogP contribution is -2.72. The van der Waals surface area contributed by atoms with Gasteiger partial charge in [0.15, 0.2) is 29.1 Å². The van der Waals surface area contributed by atoms with Crippen molar-refractivity contribution in [3.63, 3.8) is 0 Å². The molecule has 0 N–H and O–H groups in total. The molecule has 1 aromatic rings. The summed E-state index contributed by atoms with van der Waals surface area (Å²) >= 11 is 2.57. The minimum atomic E-state index is -8.91. The highest BCUT2D eigenvalue weighted by Crippen LogP contribution is 2.63. The third kappa shape index (κ3) is 4.56. The van der Waals surface area contributed by atoms with Crippen LogP contribution >= 0.6 is 12.6 Å². The average Bonchev–Trinajstić information content (AvgIpc) is 2.76. The molecule has 0 aliphatic carbocycles. The van der Waals surface area contributed by atoms with Gasteiger partial charge in [-0.25, -0.2) is 26.3 Å². The number of carbonyl (C=O) groups is 1. The zero-order valence-electron chi connectivity index (χ0n) is 16.8. The van der Waals surface area contributed by atoms with Crippen LogP contribution < -0.4 is 0 Å². The highest BCUT2D eigenvalue weighted by molar-refractivity contribution is 7.97. The molecule has 1 nitrogen and oxygen atoms in total. The highest BCUT2D eigenvalue weighted by Gasteiger charge is 2.93. The fourth-order valence-electron chi connectivity index (χ4n) is 2.39. The van der Waals surface area contributed by atoms with Crippen LogP contribution in [0.25, 0.3) is 5.83 Å². The van der Waals surface area contributed by atoms with Gasteiger partial charge in [0, 0.05) is 0 Å². The van der Waals surface area contributed by atoms with E-state index in [0.29, 0.717) is 0 Å². The van der Waals surface area contributed by atoms with E-state index in [-0.39, 0.29) is 0 Å². The Balaban J connectivity index is 4.03. The Hall–Kier alpha value is -2.49. The topological polar surface area (TPSA) is 17.1 Å². The quantitative estimate of drug-likeness (QED) is 0.131. The van der Waals surface area contributed by atoms with Crippen LogP contribution in [0, 0.1) is 23.3 Å². The first-order valence-electron chi connectivity index (χ1n) is 8.40. The largest absolute Gasteiger partial charge is 0.460 e. The number of halogens is 21. The second-order valence-electron chi connectivity index (χ2n) is 6.88. The second kappa shape index (κ2) is 9.56. The Bertz CT molecular complexity index is 1190. The van der Waals surface area contributed by atoms with Gasteiger partial charge in [-0.15, -0.1) is 12.6 Å². The van der Waals surface area contributed by atoms with Crippen LogP contribution in [-0.4, -0.2) is 46.8 Å². The van der Waals surface area contributed by atoms with Crippen molar-refractivity contribution in [2.24, 2.45) is 0 Å². The SMILES string of the molecule is O=C(S)c1c(F)c(F)c(F)c(F)c1C(F)=C(F)C(F)(F)C(F)(F)C(F)(F)C(F)(F)C(F)(F)C(F)(F)C(F)(F)F. The first kappa shape index (κ1) is 34.5. The molecule has 39 heavy (non-hydrogen) atoms. The van der Waals surface area contributed by atoms with Crippen LogP contribution in [0.1, 0.15) is 15.9 Å². The lowest BCUT2D eigenvalue weighted by atomic mass is 9.90. The summed E-state index contributed by atoms with van der Waals surface area (Å²) in [6.45, 7) is 0. The van der Waals surface area contributed by atoms with Gasteiger partial charge in [0.25, 0.3) is 0 Å². The molecule has 0 heterocycles. The summed E-state index contributed by atoms with van der Waals surface area (Å²) in [6.07, 6.45) is -7.95. The molecule has 1 rings (SSSR count). The van der Waals surface area contributed by atoms with Gasteiger partial charge in [0.05, 0.1) is 11.1 Å². The summed E-state index contributed by atoms with van der Waals surface area (Å²) in [5.41, 5.74) is -6.06. The summed E-state index contributed by atoms with van der Waals surface area (Å²) in [5.74, 6) is -74.2. The number of allylic oxidation sites excluding steroid dienone is 1. The normalized spacial score (nSPS) is 15.4. The molecule has 0 radical (unpaired) electrons. The van der Waals surface area contributed by atoms with E-state index in [1.54, 1.807) is 0 Å². The van der Waals surface area contributed by atoms with E-state index < -0.39 is 92.9 Å². The predicted molar refractivity (Wildman–Crippen MR) is 84.5 cm³/mol. The van der Waals surface area contributed by atoms with Gasteiger partial charge in [-0.1, -0.05) is 0 Å². The summed E-state index contributed by atoms with van der Waals surface area (Å²) in [5, 5.41) is -2.57. The maximum Gasteiger partial charge on any atom is 0.460 e. The molecule has 0 saturated carbocycles. The van der Waals surface area contributed by atoms with Gasteiger partial charge in [-0.2, -0.15) is 65.9 Å². The summed E-state index contributed by atoms with van der Waals surface area (Å²) < 4.78 is 279. The van der Waals surface area contributed by atoms with Gasteiger partial charge in [-0.3, -0.25) is 4.79 Å². The van der Waals surface area contributed by atoms with E-state index in [9.17, 15) is 97.0 Å². The van der Waals surface area contributed by atoms with Gasteiger partial charge in [0.2, 0.25) is 10.9 Å². The molecule has 0 unspecified atom stereocenters. The Morgan fingerprint density at radius 1 is 0.487 bits per heavy atom. The molecule has 224 valence electrons. The molecule has 0 bridgehead atoms. The van der Waals surface area contributed by atoms with E-state index >= 15 is 0 Å². The Morgan fingerprint density at radius 3 is 1.13 bits per heavy atom. The molecule has 0 fully saturated rings. The number of hydrogen-bond donors (Lipinski definition) is 1. The second-order valence-corrected chi connectivity index (χ2v) is 7.29. The number of thiol groups is 1. The minimum Gasteiger partial charge on any atom is -0.282 e. The molecule has 0 spiro atoms. The fourth-order valence-corrected chi connectivity index (χ4v) is 2.60. The molecule has 0 amide bonds. The van der Waals surface area contributed by atoms with Crippen molar-refractivity contribution < 1.29 is 97.0 Å². The molecule has 0 aliphatic heterocycles. The molecular formula is C16HF21OS. The van der Waals surface area contributed by atoms with Crippen LogP contribution in [0.15, 0.2) is 5.83 Å². The number of carbonyl (C=O) groups excluding carboxylic acids is 1. The monoisotopic (exact) mass is 640 g/mol. The lowest BCUT2D eigenvalue weighted by Gasteiger charge is -2.41. The average molecular weight is 640 g/mol. The highest BCUT2D eigenvalue weighted by atomic mass is 32.1. The Morgan fingerprint density at radius 2 is 0.795 bits per heavy atom. The maximum absolute atomic E-state index is 14.2. The first-order valence-corrected chi connectivity index (χ1v) is 8.84. The summed E-state index contributed by atoms with van der Waals surface area (Å²) in [6, 6.07) is 0. The van der Waals surface area contributed by atoms with E-state index in [0.717, 1.165) is 0 Å². The third-order valence-corrected chi connectivity index (χ3v) is 4.72. The van der Waals surface area contributed by atoms with Crippen molar-refractivity contribution in [2.45, 2.75) is 41.7 Å². The molecule has 0 aromatic heterocycles. The van der Waals surface area contributed by atoms with E-state index in [4.69, 9.17) is 0 Å².